The van der Waals surface area contributed by atoms with Gasteiger partial charge in [-0.1, -0.05) is 13.8 Å². The molecule has 3 nitrogen and oxygen atoms in total. The Hall–Kier alpha value is -0.830. The average Bonchev–Trinajstić information content (AvgIpc) is 2.60. The number of fused-ring (bicyclic) bond motifs is 1. The summed E-state index contributed by atoms with van der Waals surface area (Å²) < 4.78 is 2.05. The quantitative estimate of drug-likeness (QED) is 0.775. The van der Waals surface area contributed by atoms with Gasteiger partial charge in [-0.25, -0.2) is 0 Å². The van der Waals surface area contributed by atoms with Gasteiger partial charge < -0.3 is 5.32 Å². The molecule has 1 aromatic rings. The van der Waals surface area contributed by atoms with Crippen molar-refractivity contribution in [3.63, 3.8) is 0 Å². The predicted octanol–water partition coefficient (Wildman–Crippen LogP) is 1.75. The van der Waals surface area contributed by atoms with Crippen molar-refractivity contribution in [2.24, 2.45) is 7.05 Å². The van der Waals surface area contributed by atoms with E-state index in [4.69, 9.17) is 0 Å². The molecule has 1 unspecified atom stereocenters. The molecule has 78 valence electrons. The Morgan fingerprint density at radius 2 is 2.21 bits per heavy atom. The molecule has 0 spiro atoms. The van der Waals surface area contributed by atoms with Crippen molar-refractivity contribution < 1.29 is 0 Å². The molecule has 0 radical (unpaired) electrons. The van der Waals surface area contributed by atoms with Crippen molar-refractivity contribution in [3.05, 3.63) is 17.0 Å². The minimum absolute atomic E-state index is 0.524. The fourth-order valence-electron chi connectivity index (χ4n) is 2.57. The molecule has 0 aromatic carbocycles. The Balaban J connectivity index is 2.50. The van der Waals surface area contributed by atoms with Crippen LogP contribution in [0.25, 0.3) is 0 Å². The van der Waals surface area contributed by atoms with Crippen LogP contribution in [0.4, 0.5) is 0 Å². The van der Waals surface area contributed by atoms with E-state index in [2.05, 4.69) is 36.0 Å². The zero-order valence-electron chi connectivity index (χ0n) is 9.46. The molecule has 3 heteroatoms. The lowest BCUT2D eigenvalue weighted by molar-refractivity contribution is 0.559. The number of hydrogen-bond donors (Lipinski definition) is 1. The second-order valence-electron chi connectivity index (χ2n) is 4.40. The normalized spacial score (nSPS) is 20.5. The summed E-state index contributed by atoms with van der Waals surface area (Å²) in [5, 5.41) is 7.96. The van der Waals surface area contributed by atoms with Gasteiger partial charge in [-0.3, -0.25) is 4.68 Å². The molecule has 0 bridgehead atoms. The second kappa shape index (κ2) is 3.39. The number of rotatable bonds is 2. The van der Waals surface area contributed by atoms with Crippen LogP contribution in [0.5, 0.6) is 0 Å². The van der Waals surface area contributed by atoms with Crippen molar-refractivity contribution in [2.45, 2.75) is 38.6 Å². The summed E-state index contributed by atoms with van der Waals surface area (Å²) >= 11 is 0. The number of hydrogen-bond acceptors (Lipinski definition) is 2. The van der Waals surface area contributed by atoms with Gasteiger partial charge in [0.05, 0.1) is 5.69 Å². The zero-order chi connectivity index (χ0) is 10.3. The number of nitrogens with zero attached hydrogens (tertiary/aromatic N) is 2. The third-order valence-corrected chi connectivity index (χ3v) is 3.12. The molecular formula is C11H19N3. The first-order chi connectivity index (χ1) is 6.65. The third kappa shape index (κ3) is 1.27. The summed E-state index contributed by atoms with van der Waals surface area (Å²) in [5.74, 6) is 0.560. The van der Waals surface area contributed by atoms with Crippen LogP contribution in [0.3, 0.4) is 0 Å². The fraction of sp³-hybridized carbons (Fsp3) is 0.727. The van der Waals surface area contributed by atoms with Gasteiger partial charge in [-0.2, -0.15) is 5.10 Å². The minimum atomic E-state index is 0.524. The Morgan fingerprint density at radius 3 is 2.79 bits per heavy atom. The summed E-state index contributed by atoms with van der Waals surface area (Å²) in [6.45, 7) is 4.48. The maximum atomic E-state index is 4.59. The lowest BCUT2D eigenvalue weighted by Gasteiger charge is -2.14. The van der Waals surface area contributed by atoms with Gasteiger partial charge >= 0.3 is 0 Å². The first kappa shape index (κ1) is 9.71. The molecule has 1 aliphatic rings. The molecule has 1 atom stereocenters. The maximum Gasteiger partial charge on any atom is 0.0676 e. The van der Waals surface area contributed by atoms with Crippen molar-refractivity contribution in [3.8, 4) is 0 Å². The van der Waals surface area contributed by atoms with E-state index in [0.29, 0.717) is 12.0 Å². The molecule has 0 amide bonds. The molecule has 1 N–H and O–H groups in total. The number of aromatic nitrogens is 2. The van der Waals surface area contributed by atoms with Crippen LogP contribution >= 0.6 is 0 Å². The summed E-state index contributed by atoms with van der Waals surface area (Å²) in [6, 6.07) is 0.524. The molecule has 1 aliphatic carbocycles. The SMILES string of the molecule is CNC1CCc2nn(C)c(C(C)C)c21. The van der Waals surface area contributed by atoms with E-state index in [9.17, 15) is 0 Å². The van der Waals surface area contributed by atoms with Gasteiger partial charge in [0.2, 0.25) is 0 Å². The third-order valence-electron chi connectivity index (χ3n) is 3.12. The molecule has 0 fully saturated rings. The minimum Gasteiger partial charge on any atom is -0.313 e. The number of nitrogens with one attached hydrogen (secondary N) is 1. The van der Waals surface area contributed by atoms with E-state index in [1.54, 1.807) is 0 Å². The standard InChI is InChI=1S/C11H19N3/c1-7(2)11-10-8(12-3)5-6-9(10)13-14(11)4/h7-8,12H,5-6H2,1-4H3. The van der Waals surface area contributed by atoms with Crippen LogP contribution in [0.1, 0.15) is 49.2 Å². The van der Waals surface area contributed by atoms with Crippen molar-refractivity contribution >= 4 is 0 Å². The van der Waals surface area contributed by atoms with E-state index in [0.717, 1.165) is 6.42 Å². The van der Waals surface area contributed by atoms with E-state index in [1.807, 2.05) is 7.05 Å². The highest BCUT2D eigenvalue weighted by molar-refractivity contribution is 5.35. The molecule has 1 heterocycles. The summed E-state index contributed by atoms with van der Waals surface area (Å²) in [5.41, 5.74) is 4.16. The molecule has 2 rings (SSSR count). The van der Waals surface area contributed by atoms with E-state index < -0.39 is 0 Å². The smallest absolute Gasteiger partial charge is 0.0676 e. The highest BCUT2D eigenvalue weighted by Crippen LogP contribution is 2.35. The first-order valence-corrected chi connectivity index (χ1v) is 5.38. The van der Waals surface area contributed by atoms with E-state index in [1.165, 1.54) is 23.4 Å². The number of aryl methyl sites for hydroxylation is 2. The van der Waals surface area contributed by atoms with E-state index in [-0.39, 0.29) is 0 Å². The molecule has 0 saturated carbocycles. The van der Waals surface area contributed by atoms with Crippen molar-refractivity contribution in [1.82, 2.24) is 15.1 Å². The second-order valence-corrected chi connectivity index (χ2v) is 4.40. The zero-order valence-corrected chi connectivity index (χ0v) is 9.46. The predicted molar refractivity (Wildman–Crippen MR) is 57.4 cm³/mol. The summed E-state index contributed by atoms with van der Waals surface area (Å²) in [6.07, 6.45) is 2.33. The van der Waals surface area contributed by atoms with Gasteiger partial charge in [0, 0.05) is 24.3 Å². The lowest BCUT2D eigenvalue weighted by atomic mass is 10.0. The Kier molecular flexibility index (Phi) is 2.35. The maximum absolute atomic E-state index is 4.59. The molecule has 0 saturated heterocycles. The topological polar surface area (TPSA) is 29.9 Å². The van der Waals surface area contributed by atoms with Gasteiger partial charge in [0.1, 0.15) is 0 Å². The largest absolute Gasteiger partial charge is 0.313 e. The highest BCUT2D eigenvalue weighted by atomic mass is 15.3. The van der Waals surface area contributed by atoms with Crippen molar-refractivity contribution in [2.75, 3.05) is 7.05 Å². The monoisotopic (exact) mass is 193 g/mol. The Labute approximate surface area is 85.5 Å². The summed E-state index contributed by atoms with van der Waals surface area (Å²) in [7, 11) is 4.09. The van der Waals surface area contributed by atoms with Gasteiger partial charge in [-0.15, -0.1) is 0 Å². The van der Waals surface area contributed by atoms with Gasteiger partial charge in [0.25, 0.3) is 0 Å². The lowest BCUT2D eigenvalue weighted by Crippen LogP contribution is -2.15. The van der Waals surface area contributed by atoms with Crippen LogP contribution in [-0.4, -0.2) is 16.8 Å². The van der Waals surface area contributed by atoms with E-state index >= 15 is 0 Å². The summed E-state index contributed by atoms with van der Waals surface area (Å²) in [4.78, 5) is 0. The van der Waals surface area contributed by atoms with Crippen molar-refractivity contribution in [1.29, 1.82) is 0 Å². The molecule has 14 heavy (non-hydrogen) atoms. The molecular weight excluding hydrogens is 174 g/mol. The van der Waals surface area contributed by atoms with Gasteiger partial charge in [-0.05, 0) is 25.8 Å². The van der Waals surface area contributed by atoms with Crippen LogP contribution < -0.4 is 5.32 Å². The van der Waals surface area contributed by atoms with Crippen LogP contribution in [0.15, 0.2) is 0 Å². The van der Waals surface area contributed by atoms with Crippen LogP contribution in [-0.2, 0) is 13.5 Å². The van der Waals surface area contributed by atoms with Crippen LogP contribution in [0, 0.1) is 0 Å². The average molecular weight is 193 g/mol. The Bertz CT molecular complexity index is 339. The van der Waals surface area contributed by atoms with Gasteiger partial charge in [0.15, 0.2) is 0 Å². The van der Waals surface area contributed by atoms with Crippen LogP contribution in [0.2, 0.25) is 0 Å². The first-order valence-electron chi connectivity index (χ1n) is 5.38. The Morgan fingerprint density at radius 1 is 1.50 bits per heavy atom. The molecule has 0 aliphatic heterocycles. The molecule has 1 aromatic heterocycles. The fourth-order valence-corrected chi connectivity index (χ4v) is 2.57. The highest BCUT2D eigenvalue weighted by Gasteiger charge is 2.29.